The van der Waals surface area contributed by atoms with Crippen LogP contribution < -0.4 is 4.74 Å². The van der Waals surface area contributed by atoms with E-state index in [0.717, 1.165) is 6.42 Å². The lowest BCUT2D eigenvalue weighted by Crippen LogP contribution is -2.06. The van der Waals surface area contributed by atoms with Gasteiger partial charge in [0.15, 0.2) is 5.78 Å². The fourth-order valence-electron chi connectivity index (χ4n) is 2.77. The van der Waals surface area contributed by atoms with Crippen molar-refractivity contribution in [3.63, 3.8) is 0 Å². The molecule has 3 nitrogen and oxygen atoms in total. The summed E-state index contributed by atoms with van der Waals surface area (Å²) in [6.45, 7) is 4.07. The number of H-pyrrole nitrogens is 1. The van der Waals surface area contributed by atoms with Crippen molar-refractivity contribution >= 4 is 16.7 Å². The third-order valence-electron chi connectivity index (χ3n) is 4.10. The SMILES string of the molecule is CCCOc1cc(F)ccc1CC(=O)c1c[nH]c2cc(F)c(C)cc12. The van der Waals surface area contributed by atoms with Crippen LogP contribution in [0.5, 0.6) is 5.75 Å². The van der Waals surface area contributed by atoms with Gasteiger partial charge in [0.1, 0.15) is 17.4 Å². The number of nitrogens with one attached hydrogen (secondary N) is 1. The van der Waals surface area contributed by atoms with Crippen LogP contribution in [-0.4, -0.2) is 17.4 Å². The number of rotatable bonds is 6. The van der Waals surface area contributed by atoms with Crippen LogP contribution in [0.1, 0.15) is 34.8 Å². The molecule has 0 aliphatic heterocycles. The molecule has 1 aromatic heterocycles. The van der Waals surface area contributed by atoms with Crippen LogP contribution in [0.3, 0.4) is 0 Å². The lowest BCUT2D eigenvalue weighted by Gasteiger charge is -2.10. The molecule has 5 heteroatoms. The summed E-state index contributed by atoms with van der Waals surface area (Å²) in [5.74, 6) is -0.467. The Bertz CT molecular complexity index is 931. The van der Waals surface area contributed by atoms with Gasteiger partial charge in [0.25, 0.3) is 0 Å². The van der Waals surface area contributed by atoms with E-state index >= 15 is 0 Å². The van der Waals surface area contributed by atoms with Crippen molar-refractivity contribution in [3.05, 3.63) is 64.9 Å². The number of carbonyl (C=O) groups is 1. The summed E-state index contributed by atoms with van der Waals surface area (Å²) < 4.78 is 32.7. The molecule has 0 radical (unpaired) electrons. The molecule has 0 aliphatic rings. The van der Waals surface area contributed by atoms with Crippen molar-refractivity contribution < 1.29 is 18.3 Å². The van der Waals surface area contributed by atoms with Crippen LogP contribution in [0.25, 0.3) is 10.9 Å². The maximum Gasteiger partial charge on any atom is 0.169 e. The summed E-state index contributed by atoms with van der Waals surface area (Å²) >= 11 is 0. The summed E-state index contributed by atoms with van der Waals surface area (Å²) in [6.07, 6.45) is 2.46. The number of ether oxygens (including phenoxy) is 1. The Hall–Kier alpha value is -2.69. The Morgan fingerprint density at radius 2 is 2.00 bits per heavy atom. The van der Waals surface area contributed by atoms with E-state index in [2.05, 4.69) is 4.98 Å². The highest BCUT2D eigenvalue weighted by atomic mass is 19.1. The van der Waals surface area contributed by atoms with Crippen molar-refractivity contribution in [1.29, 1.82) is 0 Å². The average Bonchev–Trinajstić information content (AvgIpc) is 2.98. The van der Waals surface area contributed by atoms with Crippen molar-refractivity contribution in [2.75, 3.05) is 6.61 Å². The molecule has 3 rings (SSSR count). The minimum absolute atomic E-state index is 0.0860. The van der Waals surface area contributed by atoms with Crippen LogP contribution in [0.15, 0.2) is 36.5 Å². The fraction of sp³-hybridized carbons (Fsp3) is 0.250. The van der Waals surface area contributed by atoms with Crippen molar-refractivity contribution in [2.24, 2.45) is 0 Å². The molecule has 0 spiro atoms. The minimum atomic E-state index is -0.402. The van der Waals surface area contributed by atoms with Gasteiger partial charge in [0, 0.05) is 40.7 Å². The Kier molecular flexibility index (Phi) is 4.83. The van der Waals surface area contributed by atoms with Gasteiger partial charge in [0.2, 0.25) is 0 Å². The summed E-state index contributed by atoms with van der Waals surface area (Å²) in [4.78, 5) is 15.7. The molecule has 0 atom stereocenters. The second-order valence-electron chi connectivity index (χ2n) is 6.05. The number of carbonyl (C=O) groups excluding carboxylic acids is 1. The second kappa shape index (κ2) is 7.05. The van der Waals surface area contributed by atoms with Gasteiger partial charge >= 0.3 is 0 Å². The normalized spacial score (nSPS) is 11.0. The van der Waals surface area contributed by atoms with Crippen LogP contribution in [0.2, 0.25) is 0 Å². The van der Waals surface area contributed by atoms with Gasteiger partial charge in [-0.15, -0.1) is 0 Å². The molecule has 0 saturated carbocycles. The van der Waals surface area contributed by atoms with Crippen molar-refractivity contribution in [2.45, 2.75) is 26.7 Å². The molecule has 0 unspecified atom stereocenters. The Morgan fingerprint density at radius 1 is 1.20 bits per heavy atom. The highest BCUT2D eigenvalue weighted by Crippen LogP contribution is 2.26. The second-order valence-corrected chi connectivity index (χ2v) is 6.05. The van der Waals surface area contributed by atoms with Crippen molar-refractivity contribution in [3.8, 4) is 5.75 Å². The first kappa shape index (κ1) is 17.1. The van der Waals surface area contributed by atoms with E-state index in [0.29, 0.717) is 39.9 Å². The topological polar surface area (TPSA) is 42.1 Å². The Balaban J connectivity index is 1.91. The van der Waals surface area contributed by atoms with Gasteiger partial charge in [-0.05, 0) is 37.1 Å². The average molecular weight is 343 g/mol. The summed E-state index contributed by atoms with van der Waals surface area (Å²) in [5.41, 5.74) is 2.18. The molecule has 0 aliphatic carbocycles. The van der Waals surface area contributed by atoms with E-state index in [-0.39, 0.29) is 18.0 Å². The predicted molar refractivity (Wildman–Crippen MR) is 93.2 cm³/mol. The molecule has 0 fully saturated rings. The van der Waals surface area contributed by atoms with Gasteiger partial charge in [-0.1, -0.05) is 13.0 Å². The number of fused-ring (bicyclic) bond motifs is 1. The van der Waals surface area contributed by atoms with Crippen molar-refractivity contribution in [1.82, 2.24) is 4.98 Å². The molecule has 130 valence electrons. The van der Waals surface area contributed by atoms with E-state index in [1.54, 1.807) is 25.3 Å². The molecule has 0 saturated heterocycles. The highest BCUT2D eigenvalue weighted by molar-refractivity contribution is 6.08. The smallest absolute Gasteiger partial charge is 0.169 e. The van der Waals surface area contributed by atoms with E-state index in [1.807, 2.05) is 6.92 Å². The molecule has 25 heavy (non-hydrogen) atoms. The molecule has 3 aromatic rings. The first-order valence-electron chi connectivity index (χ1n) is 8.21. The largest absolute Gasteiger partial charge is 0.493 e. The van der Waals surface area contributed by atoms with E-state index in [4.69, 9.17) is 4.74 Å². The lowest BCUT2D eigenvalue weighted by atomic mass is 10.0. The first-order chi connectivity index (χ1) is 12.0. The minimum Gasteiger partial charge on any atom is -0.493 e. The molecule has 1 N–H and O–H groups in total. The number of ketones is 1. The molecule has 0 bridgehead atoms. The van der Waals surface area contributed by atoms with Crippen LogP contribution >= 0.6 is 0 Å². The zero-order valence-electron chi connectivity index (χ0n) is 14.2. The lowest BCUT2D eigenvalue weighted by molar-refractivity contribution is 0.0993. The Labute approximate surface area is 144 Å². The molecular formula is C20H19F2NO2. The monoisotopic (exact) mass is 343 g/mol. The standard InChI is InChI=1S/C20H19F2NO2/c1-3-6-25-20-9-14(21)5-4-13(20)8-19(24)16-11-23-18-10-17(22)12(2)7-15(16)18/h4-5,7,9-11,23H,3,6,8H2,1-2H3. The number of halogens is 2. The summed E-state index contributed by atoms with van der Waals surface area (Å²) in [6, 6.07) is 7.23. The fourth-order valence-corrected chi connectivity index (χ4v) is 2.77. The van der Waals surface area contributed by atoms with E-state index in [9.17, 15) is 13.6 Å². The summed E-state index contributed by atoms with van der Waals surface area (Å²) in [7, 11) is 0. The van der Waals surface area contributed by atoms with E-state index in [1.165, 1.54) is 18.2 Å². The van der Waals surface area contributed by atoms with Gasteiger partial charge in [-0.3, -0.25) is 4.79 Å². The quantitative estimate of drug-likeness (QED) is 0.642. The summed E-state index contributed by atoms with van der Waals surface area (Å²) in [5, 5.41) is 0.682. The number of aryl methyl sites for hydroxylation is 1. The molecule has 1 heterocycles. The third-order valence-corrected chi connectivity index (χ3v) is 4.10. The van der Waals surface area contributed by atoms with E-state index < -0.39 is 5.82 Å². The number of aromatic amines is 1. The zero-order valence-corrected chi connectivity index (χ0v) is 14.2. The maximum atomic E-state index is 13.7. The Morgan fingerprint density at radius 3 is 2.76 bits per heavy atom. The number of hydrogen-bond donors (Lipinski definition) is 1. The van der Waals surface area contributed by atoms with Gasteiger partial charge < -0.3 is 9.72 Å². The number of hydrogen-bond acceptors (Lipinski definition) is 2. The maximum absolute atomic E-state index is 13.7. The number of Topliss-reactive ketones (excluding diaryl/α,β-unsaturated/α-hetero) is 1. The van der Waals surface area contributed by atoms with Crippen LogP contribution in [0.4, 0.5) is 8.78 Å². The van der Waals surface area contributed by atoms with Gasteiger partial charge in [0.05, 0.1) is 6.61 Å². The molecule has 0 amide bonds. The van der Waals surface area contributed by atoms with Gasteiger partial charge in [-0.25, -0.2) is 8.78 Å². The zero-order chi connectivity index (χ0) is 18.0. The molecular weight excluding hydrogens is 324 g/mol. The van der Waals surface area contributed by atoms with Gasteiger partial charge in [-0.2, -0.15) is 0 Å². The highest BCUT2D eigenvalue weighted by Gasteiger charge is 2.17. The predicted octanol–water partition coefficient (Wildman–Crippen LogP) is 4.97. The third kappa shape index (κ3) is 3.55. The first-order valence-corrected chi connectivity index (χ1v) is 8.21. The number of benzene rings is 2. The van der Waals surface area contributed by atoms with Crippen LogP contribution in [-0.2, 0) is 6.42 Å². The molecule has 2 aromatic carbocycles. The van der Waals surface area contributed by atoms with Crippen LogP contribution in [0, 0.1) is 18.6 Å². The number of aromatic nitrogens is 1.